The summed E-state index contributed by atoms with van der Waals surface area (Å²) in [6.45, 7) is 2.92. The quantitative estimate of drug-likeness (QED) is 0.448. The molecule has 29 heavy (non-hydrogen) atoms. The van der Waals surface area contributed by atoms with E-state index in [1.54, 1.807) is 18.3 Å². The molecular weight excluding hydrogens is 366 g/mol. The Hall–Kier alpha value is -3.87. The molecule has 4 aromatic rings. The van der Waals surface area contributed by atoms with Gasteiger partial charge in [-0.1, -0.05) is 12.1 Å². The van der Waals surface area contributed by atoms with Crippen LogP contribution in [0, 0.1) is 0 Å². The number of benzene rings is 1. The molecule has 7 heteroatoms. The highest BCUT2D eigenvalue weighted by Gasteiger charge is 2.14. The Morgan fingerprint density at radius 2 is 2.14 bits per heavy atom. The van der Waals surface area contributed by atoms with Crippen molar-refractivity contribution in [2.75, 3.05) is 11.9 Å². The summed E-state index contributed by atoms with van der Waals surface area (Å²) in [5.41, 5.74) is 9.54. The Kier molecular flexibility index (Phi) is 5.11. The van der Waals surface area contributed by atoms with Crippen LogP contribution in [-0.4, -0.2) is 27.5 Å². The maximum Gasteiger partial charge on any atom is 0.252 e. The van der Waals surface area contributed by atoms with E-state index in [2.05, 4.69) is 20.3 Å². The molecule has 0 aliphatic rings. The maximum atomic E-state index is 11.9. The number of H-pyrrole nitrogens is 1. The van der Waals surface area contributed by atoms with E-state index in [0.29, 0.717) is 30.3 Å². The average molecular weight is 387 g/mol. The molecule has 0 saturated carbocycles. The first kappa shape index (κ1) is 18.5. The number of aromatic nitrogens is 3. The molecule has 0 unspecified atom stereocenters. The monoisotopic (exact) mass is 387 g/mol. The fourth-order valence-corrected chi connectivity index (χ4v) is 3.23. The van der Waals surface area contributed by atoms with Crippen molar-refractivity contribution in [3.8, 4) is 16.9 Å². The number of fused-ring (bicyclic) bond motifs is 1. The second kappa shape index (κ2) is 8.02. The fraction of sp³-hybridized carbons (Fsp3) is 0.136. The van der Waals surface area contributed by atoms with Crippen molar-refractivity contribution in [2.24, 2.45) is 5.73 Å². The molecule has 0 aliphatic heterocycles. The van der Waals surface area contributed by atoms with Crippen LogP contribution in [0.25, 0.3) is 22.2 Å². The molecule has 7 nitrogen and oxygen atoms in total. The highest BCUT2D eigenvalue weighted by Crippen LogP contribution is 2.33. The van der Waals surface area contributed by atoms with Crippen LogP contribution in [-0.2, 0) is 6.54 Å². The zero-order chi connectivity index (χ0) is 20.2. The third kappa shape index (κ3) is 3.89. The van der Waals surface area contributed by atoms with E-state index in [-0.39, 0.29) is 0 Å². The van der Waals surface area contributed by atoms with Gasteiger partial charge in [0.1, 0.15) is 17.2 Å². The van der Waals surface area contributed by atoms with Crippen molar-refractivity contribution in [3.05, 3.63) is 72.2 Å². The number of nitrogens with two attached hydrogens (primary N) is 1. The maximum absolute atomic E-state index is 11.9. The molecule has 0 bridgehead atoms. The third-order valence-corrected chi connectivity index (χ3v) is 4.58. The molecular formula is C22H21N5O2. The van der Waals surface area contributed by atoms with E-state index >= 15 is 0 Å². The number of nitrogens with one attached hydrogen (secondary N) is 2. The van der Waals surface area contributed by atoms with Gasteiger partial charge in [-0.2, -0.15) is 0 Å². The van der Waals surface area contributed by atoms with Crippen LogP contribution in [0.15, 0.2) is 61.1 Å². The second-order valence-corrected chi connectivity index (χ2v) is 6.52. The van der Waals surface area contributed by atoms with E-state index in [1.807, 2.05) is 49.6 Å². The number of hydrogen-bond acceptors (Lipinski definition) is 5. The summed E-state index contributed by atoms with van der Waals surface area (Å²) in [6.07, 6.45) is 5.40. The number of ether oxygens (including phenoxy) is 1. The molecule has 0 fully saturated rings. The number of carbonyl (C=O) groups is 1. The molecule has 146 valence electrons. The number of hydrogen-bond donors (Lipinski definition) is 3. The molecule has 4 rings (SSSR count). The van der Waals surface area contributed by atoms with Crippen molar-refractivity contribution in [3.63, 3.8) is 0 Å². The highest BCUT2D eigenvalue weighted by molar-refractivity contribution is 6.00. The van der Waals surface area contributed by atoms with Crippen molar-refractivity contribution in [2.45, 2.75) is 13.5 Å². The van der Waals surface area contributed by atoms with Gasteiger partial charge in [-0.3, -0.25) is 9.78 Å². The third-order valence-electron chi connectivity index (χ3n) is 4.58. The molecule has 0 radical (unpaired) electrons. The van der Waals surface area contributed by atoms with Gasteiger partial charge in [0.25, 0.3) is 5.91 Å². The lowest BCUT2D eigenvalue weighted by Crippen LogP contribution is -2.13. The van der Waals surface area contributed by atoms with Gasteiger partial charge in [0.05, 0.1) is 12.2 Å². The molecule has 0 atom stereocenters. The number of carbonyl (C=O) groups excluding carboxylic acids is 1. The summed E-state index contributed by atoms with van der Waals surface area (Å²) in [5, 5.41) is 4.29. The van der Waals surface area contributed by atoms with Gasteiger partial charge in [0.2, 0.25) is 0 Å². The summed E-state index contributed by atoms with van der Waals surface area (Å²) in [5.74, 6) is 0.677. The molecule has 0 saturated heterocycles. The minimum absolute atomic E-state index is 0.356. The van der Waals surface area contributed by atoms with Crippen LogP contribution in [0.3, 0.4) is 0 Å². The van der Waals surface area contributed by atoms with Crippen molar-refractivity contribution in [1.82, 2.24) is 15.0 Å². The van der Waals surface area contributed by atoms with Gasteiger partial charge in [0.15, 0.2) is 0 Å². The summed E-state index contributed by atoms with van der Waals surface area (Å²) in [6, 6.07) is 13.3. The Morgan fingerprint density at radius 3 is 2.90 bits per heavy atom. The minimum atomic E-state index is -0.524. The van der Waals surface area contributed by atoms with Crippen LogP contribution in [0.1, 0.15) is 22.8 Å². The largest absolute Gasteiger partial charge is 0.493 e. The van der Waals surface area contributed by atoms with Crippen molar-refractivity contribution < 1.29 is 9.53 Å². The van der Waals surface area contributed by atoms with Crippen LogP contribution in [0.4, 0.5) is 5.82 Å². The normalized spacial score (nSPS) is 10.8. The van der Waals surface area contributed by atoms with E-state index in [9.17, 15) is 4.79 Å². The molecule has 0 aliphatic carbocycles. The van der Waals surface area contributed by atoms with Crippen LogP contribution in [0.2, 0.25) is 0 Å². The van der Waals surface area contributed by atoms with E-state index in [1.165, 1.54) is 0 Å². The number of anilines is 1. The number of nitrogens with zero attached hydrogens (tertiary/aromatic N) is 2. The number of aromatic amines is 1. The second-order valence-electron chi connectivity index (χ2n) is 6.52. The Bertz CT molecular complexity index is 1150. The summed E-state index contributed by atoms with van der Waals surface area (Å²) < 4.78 is 5.54. The van der Waals surface area contributed by atoms with Crippen LogP contribution in [0.5, 0.6) is 5.75 Å². The first-order valence-corrected chi connectivity index (χ1v) is 9.33. The fourth-order valence-electron chi connectivity index (χ4n) is 3.23. The number of pyridine rings is 2. The van der Waals surface area contributed by atoms with E-state index in [0.717, 1.165) is 27.7 Å². The first-order chi connectivity index (χ1) is 14.2. The van der Waals surface area contributed by atoms with Gasteiger partial charge < -0.3 is 20.8 Å². The lowest BCUT2D eigenvalue weighted by Gasteiger charge is -2.12. The van der Waals surface area contributed by atoms with E-state index in [4.69, 9.17) is 10.5 Å². The molecule has 3 heterocycles. The van der Waals surface area contributed by atoms with Crippen molar-refractivity contribution in [1.29, 1.82) is 0 Å². The zero-order valence-corrected chi connectivity index (χ0v) is 16.0. The Balaban J connectivity index is 1.74. The predicted molar refractivity (Wildman–Crippen MR) is 113 cm³/mol. The van der Waals surface area contributed by atoms with Crippen LogP contribution >= 0.6 is 0 Å². The smallest absolute Gasteiger partial charge is 0.252 e. The van der Waals surface area contributed by atoms with Crippen molar-refractivity contribution >= 4 is 22.8 Å². The standard InChI is InChI=1S/C22H21N5O2/c1-2-29-19-6-5-15(10-18(19)21(23)28)17-11-20(27-22-16(17)7-9-25-22)26-13-14-4-3-8-24-12-14/h3-12H,2,13H2,1H3,(H2,23,28)(H2,25,26,27). The summed E-state index contributed by atoms with van der Waals surface area (Å²) >= 11 is 0. The molecule has 3 aromatic heterocycles. The number of rotatable bonds is 7. The Labute approximate surface area is 168 Å². The van der Waals surface area contributed by atoms with Gasteiger partial charge in [-0.05, 0) is 53.9 Å². The zero-order valence-electron chi connectivity index (χ0n) is 16.0. The topological polar surface area (TPSA) is 106 Å². The number of amides is 1. The SMILES string of the molecule is CCOc1ccc(-c2cc(NCc3cccnc3)nc3[nH]ccc23)cc1C(N)=O. The van der Waals surface area contributed by atoms with Crippen LogP contribution < -0.4 is 15.8 Å². The highest BCUT2D eigenvalue weighted by atomic mass is 16.5. The van der Waals surface area contributed by atoms with E-state index < -0.39 is 5.91 Å². The lowest BCUT2D eigenvalue weighted by atomic mass is 10.00. The van der Waals surface area contributed by atoms with Gasteiger partial charge in [0, 0.05) is 30.5 Å². The van der Waals surface area contributed by atoms with Gasteiger partial charge in [-0.25, -0.2) is 4.98 Å². The van der Waals surface area contributed by atoms with Gasteiger partial charge in [-0.15, -0.1) is 0 Å². The first-order valence-electron chi connectivity index (χ1n) is 9.33. The molecule has 0 spiro atoms. The average Bonchev–Trinajstić information content (AvgIpc) is 3.21. The minimum Gasteiger partial charge on any atom is -0.493 e. The predicted octanol–water partition coefficient (Wildman–Crippen LogP) is 3.73. The molecule has 4 N–H and O–H groups in total. The van der Waals surface area contributed by atoms with Gasteiger partial charge >= 0.3 is 0 Å². The molecule has 1 amide bonds. The Morgan fingerprint density at radius 1 is 1.24 bits per heavy atom. The summed E-state index contributed by atoms with van der Waals surface area (Å²) in [4.78, 5) is 23.9. The summed E-state index contributed by atoms with van der Waals surface area (Å²) in [7, 11) is 0. The number of primary amides is 1. The lowest BCUT2D eigenvalue weighted by molar-refractivity contribution is 0.0996. The molecule has 1 aromatic carbocycles.